The minimum absolute atomic E-state index is 0.0216. The second-order valence-electron chi connectivity index (χ2n) is 7.36. The van der Waals surface area contributed by atoms with Gasteiger partial charge in [0.05, 0.1) is 24.2 Å². The molecule has 0 N–H and O–H groups in total. The Kier molecular flexibility index (Phi) is 4.78. The van der Waals surface area contributed by atoms with E-state index in [0.29, 0.717) is 11.8 Å². The summed E-state index contributed by atoms with van der Waals surface area (Å²) in [5.74, 6) is 0.396. The van der Waals surface area contributed by atoms with E-state index in [4.69, 9.17) is 9.15 Å². The average molecular weight is 355 g/mol. The van der Waals surface area contributed by atoms with E-state index < -0.39 is 0 Å². The standard InChI is InChI=1S/C20H25N3O3/c1-22(14-16-5-2-3-9-21-16)17-13-20(26-15-17)7-10-23(11-8-20)19(24)18-6-4-12-25-18/h2-6,9,12,17H,7-8,10-11,13-15H2,1H3. The number of ether oxygens (including phenoxy) is 1. The Hall–Kier alpha value is -2.18. The molecule has 1 amide bonds. The molecule has 26 heavy (non-hydrogen) atoms. The van der Waals surface area contributed by atoms with Crippen LogP contribution in [0.2, 0.25) is 0 Å². The number of likely N-dealkylation sites (tertiary alicyclic amines) is 1. The first-order valence-corrected chi connectivity index (χ1v) is 9.22. The maximum atomic E-state index is 12.4. The normalized spacial score (nSPS) is 22.2. The van der Waals surface area contributed by atoms with Crippen LogP contribution in [0.1, 0.15) is 35.5 Å². The Balaban J connectivity index is 1.32. The van der Waals surface area contributed by atoms with E-state index in [0.717, 1.165) is 51.2 Å². The molecule has 2 fully saturated rings. The monoisotopic (exact) mass is 355 g/mol. The van der Waals surface area contributed by atoms with Gasteiger partial charge in [0.2, 0.25) is 0 Å². The van der Waals surface area contributed by atoms with Crippen molar-refractivity contribution in [3.63, 3.8) is 0 Å². The number of amides is 1. The van der Waals surface area contributed by atoms with Gasteiger partial charge in [0, 0.05) is 31.9 Å². The maximum Gasteiger partial charge on any atom is 0.289 e. The zero-order valence-corrected chi connectivity index (χ0v) is 15.1. The van der Waals surface area contributed by atoms with Crippen molar-refractivity contribution in [2.45, 2.75) is 37.5 Å². The lowest BCUT2D eigenvalue weighted by molar-refractivity contribution is -0.0397. The second kappa shape index (κ2) is 7.21. The molecule has 0 saturated carbocycles. The zero-order chi connectivity index (χ0) is 18.0. The Bertz CT molecular complexity index is 724. The Labute approximate surface area is 153 Å². The summed E-state index contributed by atoms with van der Waals surface area (Å²) < 4.78 is 11.5. The third-order valence-electron chi connectivity index (χ3n) is 5.64. The largest absolute Gasteiger partial charge is 0.459 e. The first kappa shape index (κ1) is 17.2. The third-order valence-corrected chi connectivity index (χ3v) is 5.64. The fraction of sp³-hybridized carbons (Fsp3) is 0.500. The van der Waals surface area contributed by atoms with Gasteiger partial charge in [-0.05, 0) is 50.6 Å². The molecule has 0 aliphatic carbocycles. The Morgan fingerprint density at radius 3 is 2.85 bits per heavy atom. The van der Waals surface area contributed by atoms with Crippen LogP contribution in [0.5, 0.6) is 0 Å². The van der Waals surface area contributed by atoms with Crippen molar-refractivity contribution in [3.8, 4) is 0 Å². The van der Waals surface area contributed by atoms with Gasteiger partial charge in [-0.3, -0.25) is 14.7 Å². The van der Waals surface area contributed by atoms with Crippen LogP contribution in [-0.2, 0) is 11.3 Å². The molecule has 2 aliphatic rings. The minimum Gasteiger partial charge on any atom is -0.459 e. The maximum absolute atomic E-state index is 12.4. The van der Waals surface area contributed by atoms with Crippen LogP contribution in [0.3, 0.4) is 0 Å². The molecule has 4 heterocycles. The first-order chi connectivity index (χ1) is 12.7. The molecule has 1 atom stereocenters. The molecular weight excluding hydrogens is 330 g/mol. The predicted octanol–water partition coefficient (Wildman–Crippen LogP) is 2.57. The molecule has 4 rings (SSSR count). The smallest absolute Gasteiger partial charge is 0.289 e. The number of hydrogen-bond acceptors (Lipinski definition) is 5. The van der Waals surface area contributed by atoms with E-state index >= 15 is 0 Å². The number of carbonyl (C=O) groups is 1. The van der Waals surface area contributed by atoms with Gasteiger partial charge >= 0.3 is 0 Å². The molecule has 2 aromatic rings. The number of pyridine rings is 1. The summed E-state index contributed by atoms with van der Waals surface area (Å²) in [6, 6.07) is 9.89. The van der Waals surface area contributed by atoms with Crippen LogP contribution in [0.4, 0.5) is 0 Å². The van der Waals surface area contributed by atoms with Gasteiger partial charge in [-0.2, -0.15) is 0 Å². The zero-order valence-electron chi connectivity index (χ0n) is 15.1. The van der Waals surface area contributed by atoms with Crippen LogP contribution in [0.15, 0.2) is 47.2 Å². The number of carbonyl (C=O) groups excluding carboxylic acids is 1. The van der Waals surface area contributed by atoms with Crippen molar-refractivity contribution in [1.29, 1.82) is 0 Å². The van der Waals surface area contributed by atoms with Crippen molar-refractivity contribution < 1.29 is 13.9 Å². The molecule has 2 saturated heterocycles. The predicted molar refractivity (Wildman–Crippen MR) is 96.6 cm³/mol. The average Bonchev–Trinajstić information content (AvgIpc) is 3.33. The lowest BCUT2D eigenvalue weighted by atomic mass is 9.87. The Morgan fingerprint density at radius 2 is 2.15 bits per heavy atom. The van der Waals surface area contributed by atoms with Crippen molar-refractivity contribution in [2.24, 2.45) is 0 Å². The van der Waals surface area contributed by atoms with Gasteiger partial charge in [-0.25, -0.2) is 0 Å². The number of piperidine rings is 1. The molecule has 6 nitrogen and oxygen atoms in total. The van der Waals surface area contributed by atoms with E-state index in [1.54, 1.807) is 18.4 Å². The number of likely N-dealkylation sites (N-methyl/N-ethyl adjacent to an activating group) is 1. The summed E-state index contributed by atoms with van der Waals surface area (Å²) >= 11 is 0. The molecule has 1 unspecified atom stereocenters. The topological polar surface area (TPSA) is 58.8 Å². The highest BCUT2D eigenvalue weighted by Gasteiger charge is 2.44. The molecule has 2 aromatic heterocycles. The van der Waals surface area contributed by atoms with Gasteiger partial charge in [0.1, 0.15) is 0 Å². The van der Waals surface area contributed by atoms with Gasteiger partial charge in [0.15, 0.2) is 5.76 Å². The number of aromatic nitrogens is 1. The van der Waals surface area contributed by atoms with E-state index in [9.17, 15) is 4.79 Å². The number of rotatable bonds is 4. The molecule has 6 heteroatoms. The number of nitrogens with zero attached hydrogens (tertiary/aromatic N) is 3. The molecule has 0 radical (unpaired) electrons. The van der Waals surface area contributed by atoms with E-state index in [2.05, 4.69) is 23.0 Å². The van der Waals surface area contributed by atoms with Crippen LogP contribution in [0, 0.1) is 0 Å². The van der Waals surface area contributed by atoms with E-state index in [1.807, 2.05) is 23.2 Å². The van der Waals surface area contributed by atoms with Crippen molar-refractivity contribution in [1.82, 2.24) is 14.8 Å². The molecule has 2 aliphatic heterocycles. The van der Waals surface area contributed by atoms with Gasteiger partial charge in [-0.15, -0.1) is 0 Å². The van der Waals surface area contributed by atoms with Crippen LogP contribution in [0.25, 0.3) is 0 Å². The summed E-state index contributed by atoms with van der Waals surface area (Å²) in [4.78, 5) is 21.0. The quantitative estimate of drug-likeness (QED) is 0.844. The highest BCUT2D eigenvalue weighted by molar-refractivity contribution is 5.91. The van der Waals surface area contributed by atoms with Crippen LogP contribution < -0.4 is 0 Å². The van der Waals surface area contributed by atoms with E-state index in [1.165, 1.54) is 0 Å². The number of furan rings is 1. The highest BCUT2D eigenvalue weighted by Crippen LogP contribution is 2.38. The molecule has 1 spiro atoms. The van der Waals surface area contributed by atoms with Crippen molar-refractivity contribution in [3.05, 3.63) is 54.2 Å². The summed E-state index contributed by atoms with van der Waals surface area (Å²) in [6.45, 7) is 3.01. The lowest BCUT2D eigenvalue weighted by Gasteiger charge is -2.38. The molecular formula is C20H25N3O3. The molecule has 138 valence electrons. The first-order valence-electron chi connectivity index (χ1n) is 9.22. The number of hydrogen-bond donors (Lipinski definition) is 0. The second-order valence-corrected chi connectivity index (χ2v) is 7.36. The fourth-order valence-electron chi connectivity index (χ4n) is 4.00. The van der Waals surface area contributed by atoms with Crippen LogP contribution >= 0.6 is 0 Å². The fourth-order valence-corrected chi connectivity index (χ4v) is 4.00. The van der Waals surface area contributed by atoms with Gasteiger partial charge < -0.3 is 14.1 Å². The summed E-state index contributed by atoms with van der Waals surface area (Å²) in [5.41, 5.74) is 0.984. The highest BCUT2D eigenvalue weighted by atomic mass is 16.5. The van der Waals surface area contributed by atoms with Gasteiger partial charge in [-0.1, -0.05) is 6.07 Å². The van der Waals surface area contributed by atoms with Crippen LogP contribution in [-0.4, -0.2) is 59.1 Å². The SMILES string of the molecule is CN(Cc1ccccn1)C1COC2(CCN(C(=O)c3ccco3)CC2)C1. The summed E-state index contributed by atoms with van der Waals surface area (Å²) in [6.07, 6.45) is 6.15. The molecule has 0 aromatic carbocycles. The summed E-state index contributed by atoms with van der Waals surface area (Å²) in [7, 11) is 2.14. The van der Waals surface area contributed by atoms with E-state index in [-0.39, 0.29) is 11.5 Å². The molecule has 0 bridgehead atoms. The minimum atomic E-state index is -0.0943. The Morgan fingerprint density at radius 1 is 1.31 bits per heavy atom. The van der Waals surface area contributed by atoms with Gasteiger partial charge in [0.25, 0.3) is 5.91 Å². The summed E-state index contributed by atoms with van der Waals surface area (Å²) in [5, 5.41) is 0. The third kappa shape index (κ3) is 3.52. The lowest BCUT2D eigenvalue weighted by Crippen LogP contribution is -2.47. The van der Waals surface area contributed by atoms with Crippen molar-refractivity contribution >= 4 is 5.91 Å². The van der Waals surface area contributed by atoms with Crippen molar-refractivity contribution in [2.75, 3.05) is 26.7 Å².